The summed E-state index contributed by atoms with van der Waals surface area (Å²) in [6, 6.07) is 19.3. The Hall–Kier alpha value is -2.38. The molecule has 7 heteroatoms. The summed E-state index contributed by atoms with van der Waals surface area (Å²) >= 11 is 5.94. The third-order valence-corrected chi connectivity index (χ3v) is 6.56. The van der Waals surface area contributed by atoms with E-state index in [0.717, 1.165) is 11.1 Å². The molecule has 1 atom stereocenters. The molecule has 5 nitrogen and oxygen atoms in total. The van der Waals surface area contributed by atoms with Gasteiger partial charge in [-0.25, -0.2) is 8.42 Å². The smallest absolute Gasteiger partial charge is 0.206 e. The molecular formula is C22H22ClNO4S. The van der Waals surface area contributed by atoms with Crippen LogP contribution in [0.15, 0.2) is 82.6 Å². The molecule has 3 rings (SSSR count). The summed E-state index contributed by atoms with van der Waals surface area (Å²) in [4.78, 5) is 0.344. The van der Waals surface area contributed by atoms with E-state index in [1.165, 1.54) is 24.3 Å². The maximum atomic E-state index is 12.6. The highest BCUT2D eigenvalue weighted by Gasteiger charge is 2.17. The van der Waals surface area contributed by atoms with Crippen molar-refractivity contribution in [1.82, 2.24) is 5.32 Å². The Kier molecular flexibility index (Phi) is 6.92. The molecule has 0 radical (unpaired) electrons. The standard InChI is InChI=1S/C22H22ClNO4S/c23-18-3-1-2-17(14-18)22(26)15-24-13-12-16-4-8-20(9-5-16)29(27,28)21-10-6-19(25)7-11-21/h1-11,14,22,24-26H,12-13,15H2. The van der Waals surface area contributed by atoms with E-state index < -0.39 is 15.9 Å². The number of aliphatic hydroxyl groups excluding tert-OH is 1. The molecule has 152 valence electrons. The van der Waals surface area contributed by atoms with Crippen molar-refractivity contribution >= 4 is 21.4 Å². The number of nitrogens with one attached hydrogen (secondary N) is 1. The van der Waals surface area contributed by atoms with Crippen LogP contribution in [0.1, 0.15) is 17.2 Å². The van der Waals surface area contributed by atoms with Crippen LogP contribution in [0, 0.1) is 0 Å². The fourth-order valence-corrected chi connectivity index (χ4v) is 4.36. The molecule has 1 unspecified atom stereocenters. The number of rotatable bonds is 8. The number of benzene rings is 3. The Labute approximate surface area is 175 Å². The number of aromatic hydroxyl groups is 1. The quantitative estimate of drug-likeness (QED) is 0.473. The summed E-state index contributed by atoms with van der Waals surface area (Å²) < 4.78 is 25.2. The first-order valence-corrected chi connectivity index (χ1v) is 11.0. The maximum Gasteiger partial charge on any atom is 0.206 e. The molecule has 0 amide bonds. The highest BCUT2D eigenvalue weighted by atomic mass is 35.5. The molecule has 0 spiro atoms. The van der Waals surface area contributed by atoms with Gasteiger partial charge in [0.25, 0.3) is 0 Å². The second-order valence-corrected chi connectivity index (χ2v) is 9.05. The second kappa shape index (κ2) is 9.41. The average Bonchev–Trinajstić information content (AvgIpc) is 2.72. The van der Waals surface area contributed by atoms with Crippen molar-refractivity contribution in [2.24, 2.45) is 0 Å². The highest BCUT2D eigenvalue weighted by Crippen LogP contribution is 2.23. The lowest BCUT2D eigenvalue weighted by Gasteiger charge is -2.12. The molecule has 3 aromatic carbocycles. The van der Waals surface area contributed by atoms with Gasteiger partial charge in [0, 0.05) is 11.6 Å². The first-order chi connectivity index (χ1) is 13.9. The SMILES string of the molecule is O=S(=O)(c1ccc(O)cc1)c1ccc(CCNCC(O)c2cccc(Cl)c2)cc1. The van der Waals surface area contributed by atoms with Crippen LogP contribution in [0.5, 0.6) is 5.75 Å². The Balaban J connectivity index is 1.53. The first-order valence-electron chi connectivity index (χ1n) is 9.13. The lowest BCUT2D eigenvalue weighted by atomic mass is 10.1. The Morgan fingerprint density at radius 2 is 1.55 bits per heavy atom. The molecule has 3 N–H and O–H groups in total. The van der Waals surface area contributed by atoms with Crippen molar-refractivity contribution in [2.75, 3.05) is 13.1 Å². The summed E-state index contributed by atoms with van der Waals surface area (Å²) in [6.45, 7) is 1.04. The summed E-state index contributed by atoms with van der Waals surface area (Å²) in [5.74, 6) is 0.0206. The molecule has 29 heavy (non-hydrogen) atoms. The third-order valence-electron chi connectivity index (χ3n) is 4.54. The van der Waals surface area contributed by atoms with E-state index in [2.05, 4.69) is 5.32 Å². The predicted molar refractivity (Wildman–Crippen MR) is 113 cm³/mol. The van der Waals surface area contributed by atoms with Crippen molar-refractivity contribution in [3.8, 4) is 5.75 Å². The van der Waals surface area contributed by atoms with Crippen LogP contribution in [0.3, 0.4) is 0 Å². The molecule has 0 saturated carbocycles. The third kappa shape index (κ3) is 5.58. The van der Waals surface area contributed by atoms with E-state index in [9.17, 15) is 18.6 Å². The van der Waals surface area contributed by atoms with Gasteiger partial charge < -0.3 is 15.5 Å². The maximum absolute atomic E-state index is 12.6. The van der Waals surface area contributed by atoms with Crippen LogP contribution in [-0.2, 0) is 16.3 Å². The number of aliphatic hydroxyl groups is 1. The molecule has 0 heterocycles. The van der Waals surface area contributed by atoms with E-state index in [0.29, 0.717) is 24.5 Å². The van der Waals surface area contributed by atoms with E-state index in [4.69, 9.17) is 11.6 Å². The number of phenols is 1. The van der Waals surface area contributed by atoms with Gasteiger partial charge in [0.1, 0.15) is 5.75 Å². The van der Waals surface area contributed by atoms with Gasteiger partial charge >= 0.3 is 0 Å². The second-order valence-electron chi connectivity index (χ2n) is 6.67. The summed E-state index contributed by atoms with van der Waals surface area (Å²) in [5.41, 5.74) is 1.74. The van der Waals surface area contributed by atoms with Gasteiger partial charge in [-0.2, -0.15) is 0 Å². The predicted octanol–water partition coefficient (Wildman–Crippen LogP) is 3.74. The number of phenolic OH excluding ortho intramolecular Hbond substituents is 1. The van der Waals surface area contributed by atoms with Crippen LogP contribution in [0.2, 0.25) is 5.02 Å². The van der Waals surface area contributed by atoms with Crippen LogP contribution in [0.4, 0.5) is 0 Å². The van der Waals surface area contributed by atoms with Crippen LogP contribution in [-0.4, -0.2) is 31.7 Å². The van der Waals surface area contributed by atoms with E-state index in [1.807, 2.05) is 6.07 Å². The van der Waals surface area contributed by atoms with Gasteiger partial charge in [0.2, 0.25) is 9.84 Å². The molecule has 0 aliphatic carbocycles. The van der Waals surface area contributed by atoms with Gasteiger partial charge in [-0.3, -0.25) is 0 Å². The molecule has 3 aromatic rings. The molecule has 0 saturated heterocycles. The molecule has 0 aromatic heterocycles. The van der Waals surface area contributed by atoms with Crippen molar-refractivity contribution < 1.29 is 18.6 Å². The van der Waals surface area contributed by atoms with Gasteiger partial charge in [-0.15, -0.1) is 0 Å². The summed E-state index contributed by atoms with van der Waals surface area (Å²) in [5, 5.41) is 23.3. The molecular weight excluding hydrogens is 410 g/mol. The number of hydrogen-bond acceptors (Lipinski definition) is 5. The van der Waals surface area contributed by atoms with Crippen LogP contribution in [0.25, 0.3) is 0 Å². The highest BCUT2D eigenvalue weighted by molar-refractivity contribution is 7.91. The Morgan fingerprint density at radius 1 is 0.931 bits per heavy atom. The fourth-order valence-electron chi connectivity index (χ4n) is 2.90. The minimum atomic E-state index is -3.61. The van der Waals surface area contributed by atoms with E-state index >= 15 is 0 Å². The minimum Gasteiger partial charge on any atom is -0.508 e. The van der Waals surface area contributed by atoms with Crippen molar-refractivity contribution in [1.29, 1.82) is 0 Å². The van der Waals surface area contributed by atoms with Crippen molar-refractivity contribution in [3.05, 3.63) is 88.9 Å². The lowest BCUT2D eigenvalue weighted by Crippen LogP contribution is -2.23. The van der Waals surface area contributed by atoms with Crippen molar-refractivity contribution in [2.45, 2.75) is 22.3 Å². The molecule has 0 fully saturated rings. The van der Waals surface area contributed by atoms with Gasteiger partial charge in [0.15, 0.2) is 0 Å². The number of halogens is 1. The van der Waals surface area contributed by atoms with Gasteiger partial charge in [-0.05, 0) is 72.6 Å². The zero-order chi connectivity index (χ0) is 20.9. The summed E-state index contributed by atoms with van der Waals surface area (Å²) in [7, 11) is -3.61. The van der Waals surface area contributed by atoms with E-state index in [-0.39, 0.29) is 15.5 Å². The molecule has 0 bridgehead atoms. The summed E-state index contributed by atoms with van der Waals surface area (Å²) in [6.07, 6.45) is 0.0495. The van der Waals surface area contributed by atoms with Crippen LogP contribution >= 0.6 is 11.6 Å². The minimum absolute atomic E-state index is 0.0206. The van der Waals surface area contributed by atoms with Crippen LogP contribution < -0.4 is 5.32 Å². The lowest BCUT2D eigenvalue weighted by molar-refractivity contribution is 0.175. The van der Waals surface area contributed by atoms with Gasteiger partial charge in [0.05, 0.1) is 15.9 Å². The largest absolute Gasteiger partial charge is 0.508 e. The molecule has 0 aliphatic rings. The Bertz CT molecular complexity index is 1050. The molecule has 0 aliphatic heterocycles. The monoisotopic (exact) mass is 431 g/mol. The average molecular weight is 432 g/mol. The zero-order valence-corrected chi connectivity index (χ0v) is 17.2. The normalized spacial score (nSPS) is 12.6. The topological polar surface area (TPSA) is 86.6 Å². The van der Waals surface area contributed by atoms with E-state index in [1.54, 1.807) is 42.5 Å². The van der Waals surface area contributed by atoms with Crippen molar-refractivity contribution in [3.63, 3.8) is 0 Å². The Morgan fingerprint density at radius 3 is 2.17 bits per heavy atom. The first kappa shape index (κ1) is 21.3. The zero-order valence-electron chi connectivity index (χ0n) is 15.6. The fraction of sp³-hybridized carbons (Fsp3) is 0.182. The van der Waals surface area contributed by atoms with Gasteiger partial charge in [-0.1, -0.05) is 35.9 Å². The number of sulfone groups is 1. The number of hydrogen-bond donors (Lipinski definition) is 3.